The second kappa shape index (κ2) is 7.43. The number of esters is 1. The Hall–Kier alpha value is -2.12. The fraction of sp³-hybridized carbons (Fsp3) is 0.0667. The van der Waals surface area contributed by atoms with Crippen LogP contribution in [-0.4, -0.2) is 23.3 Å². The third-order valence-electron chi connectivity index (χ3n) is 3.06. The fourth-order valence-electron chi connectivity index (χ4n) is 1.85. The summed E-state index contributed by atoms with van der Waals surface area (Å²) in [7, 11) is 0. The van der Waals surface area contributed by atoms with Crippen molar-refractivity contribution in [3.05, 3.63) is 63.7 Å². The molecule has 2 aromatic carbocycles. The summed E-state index contributed by atoms with van der Waals surface area (Å²) in [6.45, 7) is -0.510. The number of hydrogen-bond acceptors (Lipinski definition) is 6. The second-order valence-corrected chi connectivity index (χ2v) is 6.15. The molecular formula is C15H11N2O5Y. The van der Waals surface area contributed by atoms with Crippen LogP contribution in [0.2, 0.25) is 0 Å². The zero-order valence-electron chi connectivity index (χ0n) is 11.9. The van der Waals surface area contributed by atoms with Crippen LogP contribution >= 0.6 is 0 Å². The van der Waals surface area contributed by atoms with Crippen LogP contribution in [0.5, 0.6) is 0 Å². The van der Waals surface area contributed by atoms with Crippen molar-refractivity contribution in [2.24, 2.45) is 0 Å². The second-order valence-electron chi connectivity index (χ2n) is 4.62. The van der Waals surface area contributed by atoms with E-state index in [4.69, 9.17) is 10.5 Å². The molecule has 23 heavy (non-hydrogen) atoms. The summed E-state index contributed by atoms with van der Waals surface area (Å²) < 4.78 is 5.50. The van der Waals surface area contributed by atoms with Crippen molar-refractivity contribution in [1.82, 2.24) is 0 Å². The van der Waals surface area contributed by atoms with E-state index in [-0.39, 0.29) is 22.5 Å². The van der Waals surface area contributed by atoms with Crippen molar-refractivity contribution < 1.29 is 50.2 Å². The zero-order chi connectivity index (χ0) is 17.0. The summed E-state index contributed by atoms with van der Waals surface area (Å²) in [4.78, 5) is 34.3. The van der Waals surface area contributed by atoms with E-state index >= 15 is 0 Å². The van der Waals surface area contributed by atoms with Crippen LogP contribution in [0, 0.1) is 10.1 Å². The van der Waals surface area contributed by atoms with E-state index in [1.807, 2.05) is 0 Å². The molecule has 0 saturated heterocycles. The Balaban J connectivity index is 2.08. The van der Waals surface area contributed by atoms with Crippen LogP contribution in [0.4, 0.5) is 11.4 Å². The van der Waals surface area contributed by atoms with Gasteiger partial charge in [-0.3, -0.25) is 0 Å². The standard InChI is InChI=1S/C15H11N2O5.Y/c16-13-7-2-1-6-12(13)15(19)22-9-14(18)10-4-3-5-11(8-10)17(20)21;/h1-4,6-8H,9,16H2;. The monoisotopic (exact) mass is 388 g/mol. The molecule has 7 nitrogen and oxygen atoms in total. The van der Waals surface area contributed by atoms with Gasteiger partial charge >= 0.3 is 152 Å². The summed E-state index contributed by atoms with van der Waals surface area (Å²) in [6, 6.07) is 10.6. The fourth-order valence-corrected chi connectivity index (χ4v) is 2.55. The van der Waals surface area contributed by atoms with Gasteiger partial charge in [-0.25, -0.2) is 0 Å². The predicted octanol–water partition coefficient (Wildman–Crippen LogP) is 1.39. The molecular weight excluding hydrogens is 377 g/mol. The Morgan fingerprint density at radius 2 is 1.91 bits per heavy atom. The first-order chi connectivity index (χ1) is 10.9. The van der Waals surface area contributed by atoms with Crippen molar-refractivity contribution in [2.45, 2.75) is 0 Å². The molecule has 0 atom stereocenters. The number of rotatable bonds is 5. The average Bonchev–Trinajstić information content (AvgIpc) is 2.52. The van der Waals surface area contributed by atoms with Gasteiger partial charge in [-0.15, -0.1) is 0 Å². The molecule has 0 radical (unpaired) electrons. The third-order valence-corrected chi connectivity index (χ3v) is 4.26. The Kier molecular flexibility index (Phi) is 5.57. The Morgan fingerprint density at radius 1 is 1.22 bits per heavy atom. The van der Waals surface area contributed by atoms with Crippen molar-refractivity contribution in [1.29, 1.82) is 0 Å². The molecule has 0 bridgehead atoms. The maximum absolute atomic E-state index is 12.0. The van der Waals surface area contributed by atoms with Crippen molar-refractivity contribution >= 4 is 25.5 Å². The quantitative estimate of drug-likeness (QED) is 0.272. The summed E-state index contributed by atoms with van der Waals surface area (Å²) >= 11 is 0.565. The average molecular weight is 388 g/mol. The number of para-hydroxylation sites is 1. The Labute approximate surface area is 151 Å². The SMILES string of the molecule is Nc1ccccc1C(=O)OCC(=O)c1cc[c]([Y])c([N+](=O)[O-])c1. The van der Waals surface area contributed by atoms with Gasteiger partial charge in [0, 0.05) is 0 Å². The van der Waals surface area contributed by atoms with Crippen molar-refractivity contribution in [2.75, 3.05) is 12.3 Å². The number of carbonyl (C=O) groups is 2. The molecule has 2 aromatic rings. The topological polar surface area (TPSA) is 113 Å². The number of carbonyl (C=O) groups excluding carboxylic acids is 2. The third kappa shape index (κ3) is 4.21. The first kappa shape index (κ1) is 17.2. The van der Waals surface area contributed by atoms with E-state index in [9.17, 15) is 19.7 Å². The van der Waals surface area contributed by atoms with Crippen LogP contribution in [-0.2, 0) is 35.7 Å². The molecule has 2 N–H and O–H groups in total. The number of ketones is 1. The van der Waals surface area contributed by atoms with Crippen molar-refractivity contribution in [3.8, 4) is 0 Å². The van der Waals surface area contributed by atoms with Gasteiger partial charge in [0.25, 0.3) is 0 Å². The van der Waals surface area contributed by atoms with Gasteiger partial charge < -0.3 is 0 Å². The molecule has 0 heterocycles. The summed E-state index contributed by atoms with van der Waals surface area (Å²) in [5.41, 5.74) is 6.10. The number of nitrogens with zero attached hydrogens (tertiary/aromatic N) is 1. The van der Waals surface area contributed by atoms with Gasteiger partial charge in [0.1, 0.15) is 0 Å². The van der Waals surface area contributed by atoms with E-state index in [1.54, 1.807) is 18.2 Å². The number of nitrogens with two attached hydrogens (primary N) is 1. The molecule has 0 amide bonds. The van der Waals surface area contributed by atoms with Crippen LogP contribution in [0.1, 0.15) is 20.7 Å². The Morgan fingerprint density at radius 3 is 2.57 bits per heavy atom. The van der Waals surface area contributed by atoms with E-state index in [0.29, 0.717) is 33.3 Å². The molecule has 0 aromatic heterocycles. The van der Waals surface area contributed by atoms with Crippen LogP contribution in [0.15, 0.2) is 42.5 Å². The van der Waals surface area contributed by atoms with Gasteiger partial charge in [0.05, 0.1) is 0 Å². The van der Waals surface area contributed by atoms with E-state index in [0.717, 1.165) is 0 Å². The molecule has 0 aliphatic heterocycles. The number of nitrogen functional groups attached to an aromatic ring is 1. The van der Waals surface area contributed by atoms with Gasteiger partial charge in [0.15, 0.2) is 0 Å². The van der Waals surface area contributed by atoms with Gasteiger partial charge in [-0.1, -0.05) is 0 Å². The zero-order valence-corrected chi connectivity index (χ0v) is 14.7. The number of Topliss-reactive ketones (excluding diaryl/α,β-unsaturated/α-hetero) is 1. The van der Waals surface area contributed by atoms with Crippen LogP contribution in [0.25, 0.3) is 0 Å². The molecule has 0 aliphatic rings. The Bertz CT molecular complexity index is 791. The normalized spacial score (nSPS) is 10.0. The van der Waals surface area contributed by atoms with E-state index in [2.05, 4.69) is 0 Å². The summed E-state index contributed by atoms with van der Waals surface area (Å²) in [5.74, 6) is -1.23. The summed E-state index contributed by atoms with van der Waals surface area (Å²) in [6.07, 6.45) is 0. The molecule has 0 fully saturated rings. The minimum atomic E-state index is -0.718. The number of benzene rings is 2. The molecule has 0 spiro atoms. The van der Waals surface area contributed by atoms with Crippen molar-refractivity contribution in [3.63, 3.8) is 0 Å². The molecule has 0 aliphatic carbocycles. The minimum absolute atomic E-state index is 0.100. The molecule has 0 saturated carbocycles. The number of nitro benzene ring substituents is 1. The number of anilines is 1. The number of hydrogen-bond donors (Lipinski definition) is 1. The molecule has 8 heteroatoms. The van der Waals surface area contributed by atoms with E-state index in [1.165, 1.54) is 24.3 Å². The van der Waals surface area contributed by atoms with Crippen LogP contribution < -0.4 is 8.11 Å². The molecule has 114 valence electrons. The molecule has 2 rings (SSSR count). The van der Waals surface area contributed by atoms with Gasteiger partial charge in [-0.05, 0) is 0 Å². The van der Waals surface area contributed by atoms with Gasteiger partial charge in [-0.2, -0.15) is 0 Å². The van der Waals surface area contributed by atoms with Crippen LogP contribution in [0.3, 0.4) is 0 Å². The first-order valence-corrected chi connectivity index (χ1v) is 7.91. The maximum atomic E-state index is 12.0. The summed E-state index contributed by atoms with van der Waals surface area (Å²) in [5, 5.41) is 10.9. The van der Waals surface area contributed by atoms with Gasteiger partial charge in [0.2, 0.25) is 0 Å². The number of nitro groups is 1. The van der Waals surface area contributed by atoms with E-state index < -0.39 is 23.3 Å². The first-order valence-electron chi connectivity index (χ1n) is 6.49. The number of ether oxygens (including phenoxy) is 1. The predicted molar refractivity (Wildman–Crippen MR) is 78.2 cm³/mol. The molecule has 0 unspecified atom stereocenters.